The summed E-state index contributed by atoms with van der Waals surface area (Å²) in [5, 5.41) is 4.60. The molecule has 0 bridgehead atoms. The molecule has 25 heavy (non-hydrogen) atoms. The average Bonchev–Trinajstić information content (AvgIpc) is 2.53. The maximum atomic E-state index is 12.3. The second kappa shape index (κ2) is 8.99. The van der Waals surface area contributed by atoms with Crippen molar-refractivity contribution in [3.8, 4) is 0 Å². The molecule has 0 radical (unpaired) electrons. The van der Waals surface area contributed by atoms with Gasteiger partial charge in [-0.05, 0) is 11.0 Å². The summed E-state index contributed by atoms with van der Waals surface area (Å²) in [6.45, 7) is 11.4. The SMILES string of the molecule is CNC(=O)CN(C)C(=O)C[NH2+][C@H](c1ccc(C(C)(C)C)cc1)C(C)C. The lowest BCUT2D eigenvalue weighted by atomic mass is 9.85. The van der Waals surface area contributed by atoms with E-state index in [4.69, 9.17) is 0 Å². The van der Waals surface area contributed by atoms with Gasteiger partial charge in [-0.15, -0.1) is 0 Å². The molecule has 0 aliphatic carbocycles. The van der Waals surface area contributed by atoms with Crippen LogP contribution in [0.4, 0.5) is 0 Å². The maximum absolute atomic E-state index is 12.3. The van der Waals surface area contributed by atoms with Gasteiger partial charge < -0.3 is 15.5 Å². The fourth-order valence-electron chi connectivity index (χ4n) is 2.76. The summed E-state index contributed by atoms with van der Waals surface area (Å²) in [6.07, 6.45) is 0. The number of rotatable bonds is 7. The third kappa shape index (κ3) is 6.50. The summed E-state index contributed by atoms with van der Waals surface area (Å²) in [7, 11) is 3.23. The Morgan fingerprint density at radius 1 is 1.16 bits per heavy atom. The Balaban J connectivity index is 2.75. The summed E-state index contributed by atoms with van der Waals surface area (Å²) in [4.78, 5) is 25.1. The van der Waals surface area contributed by atoms with Crippen LogP contribution in [0.1, 0.15) is 51.8 Å². The molecule has 2 amide bonds. The molecule has 1 aromatic rings. The first-order valence-electron chi connectivity index (χ1n) is 8.94. The molecule has 0 aliphatic rings. The number of hydrogen-bond acceptors (Lipinski definition) is 2. The van der Waals surface area contributed by atoms with Crippen molar-refractivity contribution in [3.63, 3.8) is 0 Å². The van der Waals surface area contributed by atoms with Gasteiger partial charge in [0.1, 0.15) is 6.04 Å². The number of carbonyl (C=O) groups excluding carboxylic acids is 2. The van der Waals surface area contributed by atoms with Crippen molar-refractivity contribution in [1.82, 2.24) is 10.2 Å². The summed E-state index contributed by atoms with van der Waals surface area (Å²) in [5.74, 6) is 0.201. The fraction of sp³-hybridized carbons (Fsp3) is 0.600. The Morgan fingerprint density at radius 3 is 2.16 bits per heavy atom. The molecule has 0 spiro atoms. The maximum Gasteiger partial charge on any atom is 0.277 e. The van der Waals surface area contributed by atoms with E-state index in [0.29, 0.717) is 12.5 Å². The van der Waals surface area contributed by atoms with Crippen molar-refractivity contribution >= 4 is 11.8 Å². The van der Waals surface area contributed by atoms with Gasteiger partial charge >= 0.3 is 0 Å². The van der Waals surface area contributed by atoms with Gasteiger partial charge in [-0.3, -0.25) is 9.59 Å². The van der Waals surface area contributed by atoms with E-state index in [1.165, 1.54) is 16.0 Å². The van der Waals surface area contributed by atoms with Gasteiger partial charge in [0.2, 0.25) is 5.91 Å². The largest absolute Gasteiger partial charge is 0.358 e. The van der Waals surface area contributed by atoms with Crippen LogP contribution in [0.2, 0.25) is 0 Å². The molecule has 140 valence electrons. The average molecular weight is 349 g/mol. The molecule has 0 saturated heterocycles. The van der Waals surface area contributed by atoms with Crippen LogP contribution in [-0.4, -0.2) is 43.9 Å². The highest BCUT2D eigenvalue weighted by molar-refractivity contribution is 5.84. The highest BCUT2D eigenvalue weighted by Crippen LogP contribution is 2.25. The van der Waals surface area contributed by atoms with E-state index < -0.39 is 0 Å². The molecule has 3 N–H and O–H groups in total. The standard InChI is InChI=1S/C20H33N3O2/c1-14(2)19(15-8-10-16(11-9-15)20(3,4)5)22-12-18(25)23(7)13-17(24)21-6/h8-11,14,19,22H,12-13H2,1-7H3,(H,21,24)/p+1/t19-/m0/s1. The Bertz CT molecular complexity index is 574. The zero-order valence-electron chi connectivity index (χ0n) is 16.7. The smallest absolute Gasteiger partial charge is 0.277 e. The quantitative estimate of drug-likeness (QED) is 0.783. The number of nitrogens with one attached hydrogen (secondary N) is 1. The minimum absolute atomic E-state index is 0.0411. The first kappa shape index (κ1) is 21.2. The molecule has 0 saturated carbocycles. The first-order valence-corrected chi connectivity index (χ1v) is 8.94. The van der Waals surface area contributed by atoms with E-state index in [2.05, 4.69) is 69.5 Å². The second-order valence-corrected chi connectivity index (χ2v) is 8.00. The van der Waals surface area contributed by atoms with E-state index >= 15 is 0 Å². The Morgan fingerprint density at radius 2 is 1.72 bits per heavy atom. The molecule has 0 fully saturated rings. The summed E-state index contributed by atoms with van der Waals surface area (Å²) < 4.78 is 0. The predicted molar refractivity (Wildman–Crippen MR) is 101 cm³/mol. The van der Waals surface area contributed by atoms with Crippen molar-refractivity contribution in [2.75, 3.05) is 27.2 Å². The highest BCUT2D eigenvalue weighted by atomic mass is 16.2. The molecular formula is C20H34N3O2+. The van der Waals surface area contributed by atoms with Gasteiger partial charge in [0.05, 0.1) is 6.54 Å². The van der Waals surface area contributed by atoms with E-state index in [1.54, 1.807) is 14.1 Å². The van der Waals surface area contributed by atoms with Crippen LogP contribution in [0.3, 0.4) is 0 Å². The second-order valence-electron chi connectivity index (χ2n) is 8.00. The highest BCUT2D eigenvalue weighted by Gasteiger charge is 2.23. The molecule has 1 rings (SSSR count). The molecule has 1 atom stereocenters. The van der Waals surface area contributed by atoms with Crippen molar-refractivity contribution in [2.45, 2.75) is 46.1 Å². The predicted octanol–water partition coefficient (Wildman–Crippen LogP) is 1.45. The molecule has 0 unspecified atom stereocenters. The van der Waals surface area contributed by atoms with Gasteiger partial charge in [0.25, 0.3) is 5.91 Å². The Labute approximate surface area is 152 Å². The Kier molecular flexibility index (Phi) is 7.61. The van der Waals surface area contributed by atoms with Crippen LogP contribution >= 0.6 is 0 Å². The normalized spacial score (nSPS) is 12.8. The summed E-state index contributed by atoms with van der Waals surface area (Å²) in [6, 6.07) is 8.91. The van der Waals surface area contributed by atoms with Gasteiger partial charge in [0.15, 0.2) is 6.54 Å². The zero-order chi connectivity index (χ0) is 19.2. The molecule has 0 heterocycles. The van der Waals surface area contributed by atoms with Crippen molar-refractivity contribution < 1.29 is 14.9 Å². The van der Waals surface area contributed by atoms with Crippen LogP contribution in [-0.2, 0) is 15.0 Å². The van der Waals surface area contributed by atoms with E-state index in [-0.39, 0.29) is 29.8 Å². The van der Waals surface area contributed by atoms with E-state index in [1.807, 2.05) is 0 Å². The van der Waals surface area contributed by atoms with Crippen LogP contribution in [0.15, 0.2) is 24.3 Å². The molecule has 0 aromatic heterocycles. The van der Waals surface area contributed by atoms with E-state index in [9.17, 15) is 9.59 Å². The minimum atomic E-state index is -0.158. The van der Waals surface area contributed by atoms with Crippen LogP contribution in [0, 0.1) is 5.92 Å². The fourth-order valence-corrected chi connectivity index (χ4v) is 2.76. The van der Waals surface area contributed by atoms with Crippen LogP contribution < -0.4 is 10.6 Å². The molecule has 5 nitrogen and oxygen atoms in total. The molecule has 5 heteroatoms. The third-order valence-corrected chi connectivity index (χ3v) is 4.51. The number of nitrogens with two attached hydrogens (primary N) is 1. The summed E-state index contributed by atoms with van der Waals surface area (Å²) in [5.41, 5.74) is 2.67. The van der Waals surface area contributed by atoms with Gasteiger partial charge in [-0.1, -0.05) is 58.9 Å². The third-order valence-electron chi connectivity index (χ3n) is 4.51. The van der Waals surface area contributed by atoms with Crippen LogP contribution in [0.25, 0.3) is 0 Å². The molecule has 0 aliphatic heterocycles. The topological polar surface area (TPSA) is 66.0 Å². The number of amides is 2. The lowest BCUT2D eigenvalue weighted by molar-refractivity contribution is -0.692. The van der Waals surface area contributed by atoms with E-state index in [0.717, 1.165) is 0 Å². The summed E-state index contributed by atoms with van der Waals surface area (Å²) >= 11 is 0. The van der Waals surface area contributed by atoms with Crippen LogP contribution in [0.5, 0.6) is 0 Å². The number of carbonyl (C=O) groups is 2. The lowest BCUT2D eigenvalue weighted by Gasteiger charge is -2.23. The number of quaternary nitrogens is 1. The van der Waals surface area contributed by atoms with Crippen molar-refractivity contribution in [3.05, 3.63) is 35.4 Å². The Hall–Kier alpha value is -1.88. The zero-order valence-corrected chi connectivity index (χ0v) is 16.7. The monoisotopic (exact) mass is 348 g/mol. The van der Waals surface area contributed by atoms with Crippen molar-refractivity contribution in [2.24, 2.45) is 5.92 Å². The number of likely N-dealkylation sites (N-methyl/N-ethyl adjacent to an activating group) is 2. The van der Waals surface area contributed by atoms with Crippen molar-refractivity contribution in [1.29, 1.82) is 0 Å². The minimum Gasteiger partial charge on any atom is -0.358 e. The van der Waals surface area contributed by atoms with Gasteiger partial charge in [-0.25, -0.2) is 0 Å². The number of hydrogen-bond donors (Lipinski definition) is 2. The first-order chi connectivity index (χ1) is 11.6. The molecule has 1 aromatic carbocycles. The van der Waals surface area contributed by atoms with Gasteiger partial charge in [0, 0.05) is 25.6 Å². The number of benzene rings is 1. The van der Waals surface area contributed by atoms with Gasteiger partial charge in [-0.2, -0.15) is 0 Å². The number of nitrogens with zero attached hydrogens (tertiary/aromatic N) is 1. The lowest BCUT2D eigenvalue weighted by Crippen LogP contribution is -2.88. The molecular weight excluding hydrogens is 314 g/mol.